The van der Waals surface area contributed by atoms with Crippen molar-refractivity contribution in [1.29, 1.82) is 5.26 Å². The molecule has 0 fully saturated rings. The Hall–Kier alpha value is -3.89. The SMILES string of the molecule is CC(C)(C#N)CCc1ccc(-c2c3ccccc3c(-c3ccccc3)c3ccccc23)cc1. The summed E-state index contributed by atoms with van der Waals surface area (Å²) < 4.78 is 0. The van der Waals surface area contributed by atoms with E-state index in [1.165, 1.54) is 49.4 Å². The van der Waals surface area contributed by atoms with Crippen molar-refractivity contribution in [3.05, 3.63) is 109 Å². The van der Waals surface area contributed by atoms with E-state index in [4.69, 9.17) is 0 Å². The molecular formula is C32H27N. The molecule has 0 saturated carbocycles. The van der Waals surface area contributed by atoms with Crippen molar-refractivity contribution >= 4 is 21.5 Å². The summed E-state index contributed by atoms with van der Waals surface area (Å²) in [5, 5.41) is 14.4. The molecule has 5 aromatic carbocycles. The first-order chi connectivity index (χ1) is 16.1. The molecule has 0 aliphatic heterocycles. The summed E-state index contributed by atoms with van der Waals surface area (Å²) in [6.45, 7) is 4.02. The van der Waals surface area contributed by atoms with Crippen LogP contribution in [0.5, 0.6) is 0 Å². The predicted octanol–water partition coefficient (Wildman–Crippen LogP) is 8.81. The molecular weight excluding hydrogens is 398 g/mol. The van der Waals surface area contributed by atoms with Crippen LogP contribution in [0.25, 0.3) is 43.8 Å². The smallest absolute Gasteiger partial charge is 0.0684 e. The van der Waals surface area contributed by atoms with E-state index in [-0.39, 0.29) is 5.41 Å². The molecule has 1 nitrogen and oxygen atoms in total. The number of fused-ring (bicyclic) bond motifs is 2. The van der Waals surface area contributed by atoms with Gasteiger partial charge in [-0.1, -0.05) is 103 Å². The lowest BCUT2D eigenvalue weighted by Gasteiger charge is -2.18. The van der Waals surface area contributed by atoms with Gasteiger partial charge in [0.25, 0.3) is 0 Å². The van der Waals surface area contributed by atoms with Crippen LogP contribution in [0.4, 0.5) is 0 Å². The quantitative estimate of drug-likeness (QED) is 0.258. The maximum absolute atomic E-state index is 9.32. The molecule has 5 aromatic rings. The highest BCUT2D eigenvalue weighted by Gasteiger charge is 2.18. The van der Waals surface area contributed by atoms with Crippen LogP contribution in [-0.4, -0.2) is 0 Å². The van der Waals surface area contributed by atoms with Crippen molar-refractivity contribution in [1.82, 2.24) is 0 Å². The molecule has 0 heterocycles. The Labute approximate surface area is 195 Å². The number of nitrogens with zero attached hydrogens (tertiary/aromatic N) is 1. The minimum atomic E-state index is -0.293. The molecule has 0 aromatic heterocycles. The molecule has 0 radical (unpaired) electrons. The molecule has 0 aliphatic carbocycles. The molecule has 0 spiro atoms. The first kappa shape index (κ1) is 21.0. The second-order valence-electron chi connectivity index (χ2n) is 9.40. The van der Waals surface area contributed by atoms with Crippen LogP contribution >= 0.6 is 0 Å². The largest absolute Gasteiger partial charge is 0.198 e. The van der Waals surface area contributed by atoms with Crippen LogP contribution in [0.3, 0.4) is 0 Å². The van der Waals surface area contributed by atoms with Crippen molar-refractivity contribution in [3.8, 4) is 28.3 Å². The normalized spacial score (nSPS) is 11.5. The van der Waals surface area contributed by atoms with Crippen molar-refractivity contribution in [2.75, 3.05) is 0 Å². The number of rotatable bonds is 5. The molecule has 0 saturated heterocycles. The summed E-state index contributed by atoms with van der Waals surface area (Å²) in [5.41, 5.74) is 6.03. The van der Waals surface area contributed by atoms with Crippen molar-refractivity contribution in [2.45, 2.75) is 26.7 Å². The van der Waals surface area contributed by atoms with Gasteiger partial charge in [0.05, 0.1) is 11.5 Å². The van der Waals surface area contributed by atoms with E-state index in [0.717, 1.165) is 12.8 Å². The highest BCUT2D eigenvalue weighted by Crippen LogP contribution is 2.43. The molecule has 0 amide bonds. The van der Waals surface area contributed by atoms with Gasteiger partial charge in [-0.05, 0) is 76.1 Å². The van der Waals surface area contributed by atoms with Gasteiger partial charge in [0, 0.05) is 0 Å². The van der Waals surface area contributed by atoms with Crippen molar-refractivity contribution in [2.24, 2.45) is 5.41 Å². The maximum Gasteiger partial charge on any atom is 0.0684 e. The molecule has 33 heavy (non-hydrogen) atoms. The van der Waals surface area contributed by atoms with Crippen LogP contribution in [0.1, 0.15) is 25.8 Å². The lowest BCUT2D eigenvalue weighted by atomic mass is 9.85. The minimum absolute atomic E-state index is 0.293. The Morgan fingerprint density at radius 2 is 1.00 bits per heavy atom. The Balaban J connectivity index is 1.69. The van der Waals surface area contributed by atoms with Gasteiger partial charge < -0.3 is 0 Å². The van der Waals surface area contributed by atoms with Gasteiger partial charge in [-0.15, -0.1) is 0 Å². The van der Waals surface area contributed by atoms with Crippen molar-refractivity contribution in [3.63, 3.8) is 0 Å². The fourth-order valence-electron chi connectivity index (χ4n) is 4.71. The monoisotopic (exact) mass is 425 g/mol. The zero-order valence-electron chi connectivity index (χ0n) is 19.2. The van der Waals surface area contributed by atoms with E-state index in [0.29, 0.717) is 0 Å². The zero-order valence-corrected chi connectivity index (χ0v) is 19.2. The van der Waals surface area contributed by atoms with E-state index in [1.54, 1.807) is 0 Å². The lowest BCUT2D eigenvalue weighted by molar-refractivity contribution is 0.452. The number of benzene rings is 5. The van der Waals surface area contributed by atoms with E-state index in [2.05, 4.69) is 109 Å². The minimum Gasteiger partial charge on any atom is -0.198 e. The highest BCUT2D eigenvalue weighted by molar-refractivity contribution is 6.21. The number of aryl methyl sites for hydroxylation is 1. The van der Waals surface area contributed by atoms with Gasteiger partial charge in [0.15, 0.2) is 0 Å². The van der Waals surface area contributed by atoms with Gasteiger partial charge in [0.2, 0.25) is 0 Å². The third kappa shape index (κ3) is 4.01. The van der Waals surface area contributed by atoms with E-state index < -0.39 is 0 Å². The van der Waals surface area contributed by atoms with Gasteiger partial charge in [-0.25, -0.2) is 0 Å². The summed E-state index contributed by atoms with van der Waals surface area (Å²) in [4.78, 5) is 0. The molecule has 0 bridgehead atoms. The van der Waals surface area contributed by atoms with Crippen molar-refractivity contribution < 1.29 is 0 Å². The first-order valence-corrected chi connectivity index (χ1v) is 11.6. The second-order valence-corrected chi connectivity index (χ2v) is 9.40. The lowest BCUT2D eigenvalue weighted by Crippen LogP contribution is -2.08. The highest BCUT2D eigenvalue weighted by atomic mass is 14.3. The Morgan fingerprint density at radius 3 is 1.45 bits per heavy atom. The molecule has 0 atom stereocenters. The van der Waals surface area contributed by atoms with Crippen LogP contribution in [0.15, 0.2) is 103 Å². The van der Waals surface area contributed by atoms with Crippen LogP contribution in [0, 0.1) is 16.7 Å². The first-order valence-electron chi connectivity index (χ1n) is 11.6. The molecule has 1 heteroatoms. The summed E-state index contributed by atoms with van der Waals surface area (Å²) in [6, 6.07) is 39.5. The van der Waals surface area contributed by atoms with Gasteiger partial charge in [-0.3, -0.25) is 0 Å². The third-order valence-corrected chi connectivity index (χ3v) is 6.58. The summed E-state index contributed by atoms with van der Waals surface area (Å²) in [5.74, 6) is 0. The average molecular weight is 426 g/mol. The summed E-state index contributed by atoms with van der Waals surface area (Å²) in [7, 11) is 0. The summed E-state index contributed by atoms with van der Waals surface area (Å²) in [6.07, 6.45) is 1.77. The Bertz CT molecular complexity index is 1410. The van der Waals surface area contributed by atoms with Gasteiger partial charge in [0.1, 0.15) is 0 Å². The summed E-state index contributed by atoms with van der Waals surface area (Å²) >= 11 is 0. The molecule has 5 rings (SSSR count). The fourth-order valence-corrected chi connectivity index (χ4v) is 4.71. The number of hydrogen-bond acceptors (Lipinski definition) is 1. The van der Waals surface area contributed by atoms with E-state index in [9.17, 15) is 5.26 Å². The molecule has 0 unspecified atom stereocenters. The number of hydrogen-bond donors (Lipinski definition) is 0. The van der Waals surface area contributed by atoms with E-state index in [1.807, 2.05) is 13.8 Å². The number of nitriles is 1. The Kier molecular flexibility index (Phi) is 5.45. The average Bonchev–Trinajstić information content (AvgIpc) is 2.87. The van der Waals surface area contributed by atoms with Crippen LogP contribution < -0.4 is 0 Å². The third-order valence-electron chi connectivity index (χ3n) is 6.58. The molecule has 0 N–H and O–H groups in total. The topological polar surface area (TPSA) is 23.8 Å². The van der Waals surface area contributed by atoms with Gasteiger partial charge >= 0.3 is 0 Å². The zero-order chi connectivity index (χ0) is 22.8. The molecule has 0 aliphatic rings. The second kappa shape index (κ2) is 8.57. The fraction of sp³-hybridized carbons (Fsp3) is 0.156. The van der Waals surface area contributed by atoms with E-state index >= 15 is 0 Å². The Morgan fingerprint density at radius 1 is 0.576 bits per heavy atom. The predicted molar refractivity (Wildman–Crippen MR) is 140 cm³/mol. The standard InChI is InChI=1S/C32H27N/c1-32(2,22-33)21-20-23-16-18-25(19-17-23)31-28-14-8-6-12-26(28)30(24-10-4-3-5-11-24)27-13-7-9-15-29(27)31/h3-19H,20-21H2,1-2H3. The maximum atomic E-state index is 9.32. The van der Waals surface area contributed by atoms with Crippen LogP contribution in [-0.2, 0) is 6.42 Å². The van der Waals surface area contributed by atoms with Crippen LogP contribution in [0.2, 0.25) is 0 Å². The van der Waals surface area contributed by atoms with Gasteiger partial charge in [-0.2, -0.15) is 5.26 Å². The molecule has 160 valence electrons.